The third kappa shape index (κ3) is 4.32. The van der Waals surface area contributed by atoms with Gasteiger partial charge in [0.2, 0.25) is 0 Å². The predicted molar refractivity (Wildman–Crippen MR) is 93.8 cm³/mol. The van der Waals surface area contributed by atoms with Gasteiger partial charge in [-0.2, -0.15) is 0 Å². The molecule has 0 spiro atoms. The second-order valence-corrected chi connectivity index (χ2v) is 6.36. The number of carbonyl (C=O) groups is 1. The van der Waals surface area contributed by atoms with Crippen molar-refractivity contribution in [2.45, 2.75) is 13.0 Å². The monoisotopic (exact) mass is 326 g/mol. The molecule has 2 heterocycles. The molecule has 1 fully saturated rings. The molecule has 1 aromatic carbocycles. The van der Waals surface area contributed by atoms with Crippen LogP contribution >= 0.6 is 0 Å². The van der Waals surface area contributed by atoms with Crippen molar-refractivity contribution in [2.24, 2.45) is 0 Å². The fraction of sp³-hybridized carbons (Fsp3) is 0.368. The average molecular weight is 326 g/mol. The molecule has 1 amide bonds. The average Bonchev–Trinajstić information content (AvgIpc) is 2.64. The van der Waals surface area contributed by atoms with Gasteiger partial charge >= 0.3 is 0 Å². The summed E-state index contributed by atoms with van der Waals surface area (Å²) in [5.41, 5.74) is 1.14. The lowest BCUT2D eigenvalue weighted by atomic mass is 10.1. The largest absolute Gasteiger partial charge is 0.345 e. The van der Waals surface area contributed by atoms with Crippen molar-refractivity contribution < 1.29 is 14.7 Å². The number of hydrogen-bond acceptors (Lipinski definition) is 2. The summed E-state index contributed by atoms with van der Waals surface area (Å²) in [5.74, 6) is 1.28. The third-order valence-corrected chi connectivity index (χ3v) is 4.59. The number of aromatic nitrogens is 1. The summed E-state index contributed by atoms with van der Waals surface area (Å²) < 4.78 is 0. The van der Waals surface area contributed by atoms with E-state index in [1.807, 2.05) is 55.6 Å². The fourth-order valence-electron chi connectivity index (χ4n) is 3.17. The first kappa shape index (κ1) is 16.5. The fourth-order valence-corrected chi connectivity index (χ4v) is 3.17. The van der Waals surface area contributed by atoms with E-state index in [1.165, 1.54) is 4.90 Å². The van der Waals surface area contributed by atoms with Crippen LogP contribution in [0.25, 0.3) is 0 Å². The van der Waals surface area contributed by atoms with Gasteiger partial charge in [-0.1, -0.05) is 36.4 Å². The maximum atomic E-state index is 12.3. The van der Waals surface area contributed by atoms with E-state index in [0.29, 0.717) is 6.54 Å². The normalized spacial score (nSPS) is 16.6. The first-order valence-electron chi connectivity index (χ1n) is 8.62. The zero-order chi connectivity index (χ0) is 16.8. The van der Waals surface area contributed by atoms with E-state index in [2.05, 4.69) is 21.3 Å². The van der Waals surface area contributed by atoms with E-state index in [0.717, 1.165) is 37.6 Å². The maximum Gasteiger partial charge on any atom is 0.275 e. The molecule has 0 unspecified atom stereocenters. The summed E-state index contributed by atoms with van der Waals surface area (Å²) >= 11 is 0. The van der Waals surface area contributed by atoms with Gasteiger partial charge in [0.15, 0.2) is 6.54 Å². The van der Waals surface area contributed by atoms with E-state index in [1.54, 1.807) is 0 Å². The Morgan fingerprint density at radius 2 is 1.88 bits per heavy atom. The van der Waals surface area contributed by atoms with E-state index >= 15 is 0 Å². The summed E-state index contributed by atoms with van der Waals surface area (Å²) in [4.78, 5) is 19.3. The van der Waals surface area contributed by atoms with Gasteiger partial charge in [0.25, 0.3) is 11.7 Å². The van der Waals surface area contributed by atoms with Crippen molar-refractivity contribution in [1.29, 1.82) is 0 Å². The molecule has 0 bridgehead atoms. The predicted octanol–water partition coefficient (Wildman–Crippen LogP) is 0.0830. The number of aromatic amines is 1. The van der Waals surface area contributed by atoms with E-state index in [4.69, 9.17) is 0 Å². The van der Waals surface area contributed by atoms with Crippen molar-refractivity contribution >= 4 is 11.7 Å². The molecule has 5 nitrogen and oxygen atoms in total. The van der Waals surface area contributed by atoms with Gasteiger partial charge < -0.3 is 10.2 Å². The minimum Gasteiger partial charge on any atom is -0.345 e. The molecule has 1 saturated heterocycles. The third-order valence-electron chi connectivity index (χ3n) is 4.59. The molecule has 1 aliphatic rings. The molecule has 1 aromatic heterocycles. The first-order chi connectivity index (χ1) is 11.7. The second kappa shape index (κ2) is 7.93. The molecule has 126 valence electrons. The summed E-state index contributed by atoms with van der Waals surface area (Å²) in [6.45, 7) is 6.48. The number of piperazine rings is 1. The molecule has 0 aliphatic carbocycles. The van der Waals surface area contributed by atoms with Gasteiger partial charge in [0.05, 0.1) is 12.2 Å². The lowest BCUT2D eigenvalue weighted by molar-refractivity contribution is -0.892. The lowest BCUT2D eigenvalue weighted by Gasteiger charge is -2.28. The molecule has 2 aromatic rings. The molecule has 1 aliphatic heterocycles. The number of nitrogens with one attached hydrogen (secondary N) is 3. The van der Waals surface area contributed by atoms with Gasteiger partial charge in [-0.15, -0.1) is 0 Å². The SMILES string of the molecule is C[C@@H](NC(=O)C[NH+]1CCN(c2cccc[nH+]2)CC1)c1ccccc1. The molecule has 0 saturated carbocycles. The van der Waals surface area contributed by atoms with Crippen molar-refractivity contribution in [3.63, 3.8) is 0 Å². The van der Waals surface area contributed by atoms with Crippen LogP contribution in [-0.4, -0.2) is 38.6 Å². The van der Waals surface area contributed by atoms with Crippen LogP contribution in [0.3, 0.4) is 0 Å². The van der Waals surface area contributed by atoms with Gasteiger partial charge in [-0.25, -0.2) is 4.98 Å². The zero-order valence-corrected chi connectivity index (χ0v) is 14.2. The molecule has 24 heavy (non-hydrogen) atoms. The van der Waals surface area contributed by atoms with Crippen molar-refractivity contribution in [2.75, 3.05) is 37.6 Å². The van der Waals surface area contributed by atoms with Crippen LogP contribution in [-0.2, 0) is 4.79 Å². The number of pyridine rings is 1. The van der Waals surface area contributed by atoms with Gasteiger partial charge in [-0.05, 0) is 18.6 Å². The highest BCUT2D eigenvalue weighted by molar-refractivity contribution is 5.77. The number of H-pyrrole nitrogens is 1. The van der Waals surface area contributed by atoms with Crippen LogP contribution in [0.5, 0.6) is 0 Å². The Bertz CT molecular complexity index is 639. The quantitative estimate of drug-likeness (QED) is 0.818. The number of anilines is 1. The number of hydrogen-bond donors (Lipinski definition) is 2. The molecule has 1 atom stereocenters. The molecule has 5 heteroatoms. The topological polar surface area (TPSA) is 50.9 Å². The zero-order valence-electron chi connectivity index (χ0n) is 14.2. The summed E-state index contributed by atoms with van der Waals surface area (Å²) in [7, 11) is 0. The molecule has 0 radical (unpaired) electrons. The number of nitrogens with zero attached hydrogens (tertiary/aromatic N) is 1. The molecule has 3 rings (SSSR count). The Labute approximate surface area is 143 Å². The van der Waals surface area contributed by atoms with Crippen LogP contribution in [0.2, 0.25) is 0 Å². The van der Waals surface area contributed by atoms with Gasteiger partial charge in [0.1, 0.15) is 26.2 Å². The van der Waals surface area contributed by atoms with Gasteiger partial charge in [-0.3, -0.25) is 9.69 Å². The summed E-state index contributed by atoms with van der Waals surface area (Å²) in [5, 5.41) is 3.11. The highest BCUT2D eigenvalue weighted by atomic mass is 16.2. The van der Waals surface area contributed by atoms with Crippen LogP contribution in [0.1, 0.15) is 18.5 Å². The van der Waals surface area contributed by atoms with Crippen LogP contribution in [0.15, 0.2) is 54.7 Å². The summed E-state index contributed by atoms with van der Waals surface area (Å²) in [6, 6.07) is 16.3. The smallest absolute Gasteiger partial charge is 0.275 e. The van der Waals surface area contributed by atoms with Crippen LogP contribution in [0, 0.1) is 0 Å². The highest BCUT2D eigenvalue weighted by Gasteiger charge is 2.27. The van der Waals surface area contributed by atoms with Crippen LogP contribution < -0.4 is 20.1 Å². The van der Waals surface area contributed by atoms with Gasteiger partial charge in [0, 0.05) is 6.07 Å². The number of carbonyl (C=O) groups excluding carboxylic acids is 1. The Kier molecular flexibility index (Phi) is 5.43. The van der Waals surface area contributed by atoms with Crippen molar-refractivity contribution in [1.82, 2.24) is 5.32 Å². The van der Waals surface area contributed by atoms with Crippen molar-refractivity contribution in [3.05, 3.63) is 60.3 Å². The number of benzene rings is 1. The first-order valence-corrected chi connectivity index (χ1v) is 8.62. The van der Waals surface area contributed by atoms with Crippen molar-refractivity contribution in [3.8, 4) is 0 Å². The minimum absolute atomic E-state index is 0.0540. The standard InChI is InChI=1S/C19H24N4O/c1-16(17-7-3-2-4-8-17)21-19(24)15-22-11-13-23(14-12-22)18-9-5-6-10-20-18/h2-10,16H,11-15H2,1H3,(H,21,24)/p+2/t16-/m1/s1. The Morgan fingerprint density at radius 3 is 2.54 bits per heavy atom. The Hall–Kier alpha value is -2.40. The number of rotatable bonds is 5. The summed E-state index contributed by atoms with van der Waals surface area (Å²) in [6.07, 6.45) is 1.95. The van der Waals surface area contributed by atoms with E-state index in [9.17, 15) is 4.79 Å². The highest BCUT2D eigenvalue weighted by Crippen LogP contribution is 2.10. The minimum atomic E-state index is 0.0540. The van der Waals surface area contributed by atoms with E-state index in [-0.39, 0.29) is 11.9 Å². The van der Waals surface area contributed by atoms with Crippen LogP contribution in [0.4, 0.5) is 5.82 Å². The number of quaternary nitrogens is 1. The Morgan fingerprint density at radius 1 is 1.17 bits per heavy atom. The number of amides is 1. The lowest BCUT2D eigenvalue weighted by Crippen LogP contribution is -3.16. The molecular weight excluding hydrogens is 300 g/mol. The molecular formula is C19H26N4O+2. The maximum absolute atomic E-state index is 12.3. The van der Waals surface area contributed by atoms with E-state index < -0.39 is 0 Å². The second-order valence-electron chi connectivity index (χ2n) is 6.36. The Balaban J connectivity index is 1.45. The molecule has 3 N–H and O–H groups in total.